The van der Waals surface area contributed by atoms with Crippen LogP contribution in [0.5, 0.6) is 0 Å². The normalized spacial score (nSPS) is 23.1. The maximum absolute atomic E-state index is 12.8. The molecule has 2 saturated heterocycles. The van der Waals surface area contributed by atoms with E-state index in [1.807, 2.05) is 24.5 Å². The highest BCUT2D eigenvalue weighted by atomic mass is 32.2. The number of benzene rings is 1. The van der Waals surface area contributed by atoms with Crippen LogP contribution in [0.2, 0.25) is 0 Å². The summed E-state index contributed by atoms with van der Waals surface area (Å²) in [6, 6.07) is 7.34. The van der Waals surface area contributed by atoms with Crippen LogP contribution >= 0.6 is 11.8 Å². The Morgan fingerprint density at radius 3 is 2.86 bits per heavy atom. The summed E-state index contributed by atoms with van der Waals surface area (Å²) in [7, 11) is 0. The van der Waals surface area contributed by atoms with Gasteiger partial charge in [0.15, 0.2) is 0 Å². The molecule has 0 spiro atoms. The molecule has 2 atom stereocenters. The van der Waals surface area contributed by atoms with Crippen LogP contribution in [-0.4, -0.2) is 65.3 Å². The summed E-state index contributed by atoms with van der Waals surface area (Å²) in [6.45, 7) is 4.77. The van der Waals surface area contributed by atoms with Crippen molar-refractivity contribution < 1.29 is 14.0 Å². The van der Waals surface area contributed by atoms with Crippen LogP contribution in [-0.2, 0) is 22.6 Å². The number of hydrogen-bond donors (Lipinski definition) is 1. The van der Waals surface area contributed by atoms with Crippen molar-refractivity contribution in [3.8, 4) is 0 Å². The van der Waals surface area contributed by atoms with Gasteiger partial charge in [0.2, 0.25) is 11.8 Å². The molecule has 7 heteroatoms. The molecule has 1 N–H and O–H groups in total. The molecule has 0 saturated carbocycles. The number of rotatable bonds is 6. The first-order valence-electron chi connectivity index (χ1n) is 9.93. The summed E-state index contributed by atoms with van der Waals surface area (Å²) in [5.74, 6) is 1.92. The highest BCUT2D eigenvalue weighted by Crippen LogP contribution is 2.29. The molecule has 2 amide bonds. The maximum Gasteiger partial charge on any atom is 0.245 e. The van der Waals surface area contributed by atoms with Gasteiger partial charge in [-0.05, 0) is 24.5 Å². The molecule has 2 unspecified atom stereocenters. The number of piperazine rings is 2. The molecule has 4 rings (SSSR count). The second-order valence-electron chi connectivity index (χ2n) is 7.48. The minimum Gasteiger partial charge on any atom is -0.461 e. The number of fused-ring (bicyclic) bond motifs is 2. The van der Waals surface area contributed by atoms with Crippen molar-refractivity contribution in [3.05, 3.63) is 35.6 Å². The van der Waals surface area contributed by atoms with Gasteiger partial charge in [0.25, 0.3) is 0 Å². The molecule has 1 aromatic carbocycles. The Morgan fingerprint density at radius 1 is 1.25 bits per heavy atom. The number of para-hydroxylation sites is 1. The Labute approximate surface area is 169 Å². The number of carbonyl (C=O) groups is 2. The average molecular weight is 402 g/mol. The Morgan fingerprint density at radius 2 is 2.07 bits per heavy atom. The summed E-state index contributed by atoms with van der Waals surface area (Å²) < 4.78 is 6.01. The second-order valence-corrected chi connectivity index (χ2v) is 8.46. The predicted molar refractivity (Wildman–Crippen MR) is 111 cm³/mol. The molecule has 0 radical (unpaired) electrons. The average Bonchev–Trinajstić information content (AvgIpc) is 3.07. The minimum atomic E-state index is -0.393. The summed E-state index contributed by atoms with van der Waals surface area (Å²) >= 11 is 1.70. The fourth-order valence-electron chi connectivity index (χ4n) is 4.26. The number of thioether (sulfide) groups is 1. The van der Waals surface area contributed by atoms with Crippen LogP contribution in [0.15, 0.2) is 28.7 Å². The van der Waals surface area contributed by atoms with Gasteiger partial charge in [-0.3, -0.25) is 14.5 Å². The lowest BCUT2D eigenvalue weighted by Crippen LogP contribution is -2.69. The Balaban J connectivity index is 1.49. The van der Waals surface area contributed by atoms with Crippen molar-refractivity contribution in [3.63, 3.8) is 0 Å². The van der Waals surface area contributed by atoms with E-state index in [2.05, 4.69) is 23.2 Å². The molecular formula is C21H27N3O3S. The van der Waals surface area contributed by atoms with E-state index in [4.69, 9.17) is 4.42 Å². The number of nitrogens with one attached hydrogen (secondary N) is 1. The number of nitrogens with zero attached hydrogens (tertiary/aromatic N) is 2. The van der Waals surface area contributed by atoms with Crippen LogP contribution in [0.3, 0.4) is 0 Å². The molecule has 1 aromatic heterocycles. The number of hydrogen-bond acceptors (Lipinski definition) is 5. The maximum atomic E-state index is 12.8. The fourth-order valence-corrected chi connectivity index (χ4v) is 4.74. The smallest absolute Gasteiger partial charge is 0.245 e. The first kappa shape index (κ1) is 19.3. The lowest BCUT2D eigenvalue weighted by atomic mass is 10.0. The van der Waals surface area contributed by atoms with Crippen LogP contribution in [0.4, 0.5) is 0 Å². The van der Waals surface area contributed by atoms with Crippen molar-refractivity contribution in [1.29, 1.82) is 0 Å². The molecule has 2 aromatic rings. The third-order valence-corrected chi connectivity index (χ3v) is 6.40. The minimum absolute atomic E-state index is 0.0248. The van der Waals surface area contributed by atoms with Crippen molar-refractivity contribution in [2.24, 2.45) is 0 Å². The molecule has 3 heterocycles. The monoisotopic (exact) mass is 401 g/mol. The predicted octanol–water partition coefficient (Wildman–Crippen LogP) is 2.26. The van der Waals surface area contributed by atoms with Gasteiger partial charge in [-0.1, -0.05) is 25.1 Å². The highest BCUT2D eigenvalue weighted by molar-refractivity contribution is 7.98. The molecule has 150 valence electrons. The zero-order chi connectivity index (χ0) is 19.7. The lowest BCUT2D eigenvalue weighted by molar-refractivity contribution is -0.153. The highest BCUT2D eigenvalue weighted by Gasteiger charge is 2.43. The van der Waals surface area contributed by atoms with Gasteiger partial charge in [-0.2, -0.15) is 11.8 Å². The van der Waals surface area contributed by atoms with E-state index < -0.39 is 6.04 Å². The van der Waals surface area contributed by atoms with E-state index in [9.17, 15) is 9.59 Å². The van der Waals surface area contributed by atoms with Crippen molar-refractivity contribution in [2.75, 3.05) is 31.6 Å². The number of furan rings is 1. The molecule has 0 aliphatic carbocycles. The van der Waals surface area contributed by atoms with Crippen molar-refractivity contribution >= 4 is 34.5 Å². The molecule has 2 aliphatic rings. The molecule has 2 fully saturated rings. The topological polar surface area (TPSA) is 65.8 Å². The SMILES string of the molecule is CCc1oc2ccccc2c1CN1CCN2C(=O)C(CCSC)NC(=O)C2C1. The molecular weight excluding hydrogens is 374 g/mol. The van der Waals surface area contributed by atoms with Crippen LogP contribution < -0.4 is 5.32 Å². The zero-order valence-electron chi connectivity index (χ0n) is 16.4. The van der Waals surface area contributed by atoms with E-state index in [0.29, 0.717) is 19.5 Å². The van der Waals surface area contributed by atoms with E-state index >= 15 is 0 Å². The molecule has 6 nitrogen and oxygen atoms in total. The standard InChI is InChI=1S/C21H27N3O3S/c1-3-18-15(14-6-4-5-7-19(14)27-18)12-23-9-10-24-17(13-23)20(25)22-16(21(24)26)8-11-28-2/h4-7,16-17H,3,8-13H2,1-2H3,(H,22,25). The second kappa shape index (κ2) is 8.17. The lowest BCUT2D eigenvalue weighted by Gasteiger charge is -2.45. The molecule has 0 bridgehead atoms. The van der Waals surface area contributed by atoms with E-state index in [1.54, 1.807) is 16.7 Å². The van der Waals surface area contributed by atoms with Gasteiger partial charge in [-0.25, -0.2) is 0 Å². The Hall–Kier alpha value is -1.99. The van der Waals surface area contributed by atoms with E-state index in [1.165, 1.54) is 5.56 Å². The van der Waals surface area contributed by atoms with Gasteiger partial charge in [-0.15, -0.1) is 0 Å². The van der Waals surface area contributed by atoms with Gasteiger partial charge < -0.3 is 14.6 Å². The van der Waals surface area contributed by atoms with Crippen LogP contribution in [0.25, 0.3) is 11.0 Å². The first-order valence-corrected chi connectivity index (χ1v) is 11.3. The fraction of sp³-hybridized carbons (Fsp3) is 0.524. The van der Waals surface area contributed by atoms with Crippen molar-refractivity contribution in [2.45, 2.75) is 38.4 Å². The zero-order valence-corrected chi connectivity index (χ0v) is 17.3. The third kappa shape index (κ3) is 3.53. The Bertz CT molecular complexity index is 881. The summed E-state index contributed by atoms with van der Waals surface area (Å²) in [5, 5.41) is 4.08. The van der Waals surface area contributed by atoms with Crippen LogP contribution in [0, 0.1) is 0 Å². The van der Waals surface area contributed by atoms with Gasteiger partial charge >= 0.3 is 0 Å². The first-order chi connectivity index (χ1) is 13.6. The molecule has 2 aliphatic heterocycles. The molecule has 28 heavy (non-hydrogen) atoms. The number of carbonyl (C=O) groups excluding carboxylic acids is 2. The largest absolute Gasteiger partial charge is 0.461 e. The summed E-state index contributed by atoms with van der Waals surface area (Å²) in [5.41, 5.74) is 2.11. The van der Waals surface area contributed by atoms with Gasteiger partial charge in [0.1, 0.15) is 23.4 Å². The number of amides is 2. The van der Waals surface area contributed by atoms with Gasteiger partial charge in [0.05, 0.1) is 0 Å². The summed E-state index contributed by atoms with van der Waals surface area (Å²) in [6.07, 6.45) is 3.55. The van der Waals surface area contributed by atoms with E-state index in [0.717, 1.165) is 42.0 Å². The third-order valence-electron chi connectivity index (χ3n) is 5.76. The van der Waals surface area contributed by atoms with Crippen molar-refractivity contribution in [1.82, 2.24) is 15.1 Å². The summed E-state index contributed by atoms with van der Waals surface area (Å²) in [4.78, 5) is 29.5. The van der Waals surface area contributed by atoms with Crippen LogP contribution in [0.1, 0.15) is 24.7 Å². The quantitative estimate of drug-likeness (QED) is 0.804. The number of aryl methyl sites for hydroxylation is 1. The van der Waals surface area contributed by atoms with Gasteiger partial charge in [0, 0.05) is 43.5 Å². The van der Waals surface area contributed by atoms with E-state index in [-0.39, 0.29) is 17.9 Å². The Kier molecular flexibility index (Phi) is 5.64.